The minimum absolute atomic E-state index is 0.939. The fraction of sp³-hybridized carbons (Fsp3) is 0.500. The van der Waals surface area contributed by atoms with E-state index in [0.717, 1.165) is 38.5 Å². The molecule has 0 N–H and O–H groups in total. The fourth-order valence-corrected chi connectivity index (χ4v) is 1.83. The number of nitrogens with zero attached hydrogens (tertiary/aromatic N) is 2. The quantitative estimate of drug-likeness (QED) is 0.739. The molecule has 1 fully saturated rings. The Morgan fingerprint density at radius 2 is 2.13 bits per heavy atom. The molecule has 0 saturated carbocycles. The summed E-state index contributed by atoms with van der Waals surface area (Å²) in [6.45, 7) is 5.12. The summed E-state index contributed by atoms with van der Waals surface area (Å²) < 4.78 is 5.21. The molecule has 0 bridgehead atoms. The molecule has 0 spiro atoms. The van der Waals surface area contributed by atoms with Crippen molar-refractivity contribution in [2.45, 2.75) is 6.54 Å². The number of rotatable bonds is 3. The van der Waals surface area contributed by atoms with Crippen molar-refractivity contribution < 1.29 is 4.74 Å². The molecular formula is C12H17N2O. The van der Waals surface area contributed by atoms with Crippen molar-refractivity contribution in [1.82, 2.24) is 10.2 Å². The van der Waals surface area contributed by atoms with Gasteiger partial charge in [0.1, 0.15) is 5.75 Å². The molecule has 1 aliphatic rings. The summed E-state index contributed by atoms with van der Waals surface area (Å²) in [6, 6.07) is 8.28. The zero-order valence-electron chi connectivity index (χ0n) is 9.15. The van der Waals surface area contributed by atoms with Crippen molar-refractivity contribution in [2.24, 2.45) is 0 Å². The largest absolute Gasteiger partial charge is 0.497 e. The Balaban J connectivity index is 1.96. The van der Waals surface area contributed by atoms with E-state index in [1.807, 2.05) is 12.1 Å². The first-order chi connectivity index (χ1) is 7.38. The Labute approximate surface area is 91.0 Å². The molecule has 15 heavy (non-hydrogen) atoms. The second-order valence-electron chi connectivity index (χ2n) is 3.80. The molecule has 0 amide bonds. The molecule has 2 rings (SSSR count). The Kier molecular flexibility index (Phi) is 3.59. The molecule has 1 aliphatic heterocycles. The van der Waals surface area contributed by atoms with Gasteiger partial charge in [-0.2, -0.15) is 0 Å². The normalized spacial score (nSPS) is 17.7. The highest BCUT2D eigenvalue weighted by molar-refractivity contribution is 5.28. The fourth-order valence-electron chi connectivity index (χ4n) is 1.83. The third kappa shape index (κ3) is 2.94. The van der Waals surface area contributed by atoms with E-state index in [1.54, 1.807) is 7.11 Å². The van der Waals surface area contributed by atoms with Crippen molar-refractivity contribution in [2.75, 3.05) is 33.3 Å². The maximum atomic E-state index is 5.21. The van der Waals surface area contributed by atoms with Gasteiger partial charge in [-0.05, 0) is 17.7 Å². The highest BCUT2D eigenvalue weighted by Gasteiger charge is 2.10. The van der Waals surface area contributed by atoms with Crippen molar-refractivity contribution in [3.63, 3.8) is 0 Å². The van der Waals surface area contributed by atoms with Crippen molar-refractivity contribution in [3.8, 4) is 5.75 Å². The summed E-state index contributed by atoms with van der Waals surface area (Å²) in [5, 5.41) is 4.34. The summed E-state index contributed by atoms with van der Waals surface area (Å²) in [5.74, 6) is 0.939. The second-order valence-corrected chi connectivity index (χ2v) is 3.80. The molecule has 1 saturated heterocycles. The molecule has 1 aromatic rings. The van der Waals surface area contributed by atoms with Crippen LogP contribution in [0.2, 0.25) is 0 Å². The van der Waals surface area contributed by atoms with Crippen LogP contribution in [-0.4, -0.2) is 38.2 Å². The smallest absolute Gasteiger partial charge is 0.119 e. The summed E-state index contributed by atoms with van der Waals surface area (Å²) in [6.07, 6.45) is 0. The summed E-state index contributed by atoms with van der Waals surface area (Å²) in [4.78, 5) is 2.43. The molecular weight excluding hydrogens is 188 g/mol. The molecule has 0 unspecified atom stereocenters. The highest BCUT2D eigenvalue weighted by Crippen LogP contribution is 2.14. The van der Waals surface area contributed by atoms with Crippen LogP contribution in [0.5, 0.6) is 5.75 Å². The van der Waals surface area contributed by atoms with Crippen LogP contribution >= 0.6 is 0 Å². The molecule has 1 radical (unpaired) electrons. The lowest BCUT2D eigenvalue weighted by Crippen LogP contribution is -2.39. The van der Waals surface area contributed by atoms with Crippen LogP contribution in [0.3, 0.4) is 0 Å². The van der Waals surface area contributed by atoms with E-state index >= 15 is 0 Å². The zero-order chi connectivity index (χ0) is 10.5. The van der Waals surface area contributed by atoms with Crippen LogP contribution in [-0.2, 0) is 6.54 Å². The number of hydrogen-bond acceptors (Lipinski definition) is 2. The maximum absolute atomic E-state index is 5.21. The van der Waals surface area contributed by atoms with Gasteiger partial charge in [0.2, 0.25) is 0 Å². The van der Waals surface area contributed by atoms with Crippen molar-refractivity contribution >= 4 is 0 Å². The first-order valence-electron chi connectivity index (χ1n) is 5.37. The van der Waals surface area contributed by atoms with Crippen LogP contribution in [0.25, 0.3) is 0 Å². The van der Waals surface area contributed by atoms with E-state index in [4.69, 9.17) is 4.74 Å². The van der Waals surface area contributed by atoms with E-state index in [1.165, 1.54) is 5.56 Å². The van der Waals surface area contributed by atoms with Gasteiger partial charge < -0.3 is 4.74 Å². The Hall–Kier alpha value is -1.06. The van der Waals surface area contributed by atoms with Crippen LogP contribution in [0.1, 0.15) is 5.56 Å². The van der Waals surface area contributed by atoms with Crippen LogP contribution in [0.15, 0.2) is 24.3 Å². The van der Waals surface area contributed by atoms with Crippen LogP contribution in [0.4, 0.5) is 0 Å². The first-order valence-corrected chi connectivity index (χ1v) is 5.37. The summed E-state index contributed by atoms with van der Waals surface area (Å²) in [5.41, 5.74) is 1.32. The van der Waals surface area contributed by atoms with E-state index in [0.29, 0.717) is 0 Å². The highest BCUT2D eigenvalue weighted by atomic mass is 16.5. The lowest BCUT2D eigenvalue weighted by molar-refractivity contribution is 0.230. The molecule has 1 aromatic carbocycles. The molecule has 3 nitrogen and oxygen atoms in total. The van der Waals surface area contributed by atoms with E-state index in [-0.39, 0.29) is 0 Å². The summed E-state index contributed by atoms with van der Waals surface area (Å²) in [7, 11) is 1.71. The number of piperazine rings is 1. The van der Waals surface area contributed by atoms with Gasteiger partial charge in [-0.3, -0.25) is 4.90 Å². The number of ether oxygens (including phenoxy) is 1. The van der Waals surface area contributed by atoms with Gasteiger partial charge in [0.05, 0.1) is 7.11 Å². The predicted molar refractivity (Wildman–Crippen MR) is 60.1 cm³/mol. The Bertz CT molecular complexity index is 308. The van der Waals surface area contributed by atoms with Gasteiger partial charge in [0.15, 0.2) is 0 Å². The van der Waals surface area contributed by atoms with E-state index < -0.39 is 0 Å². The minimum atomic E-state index is 0.939. The molecule has 0 aromatic heterocycles. The second kappa shape index (κ2) is 5.14. The average Bonchev–Trinajstić information content (AvgIpc) is 2.31. The van der Waals surface area contributed by atoms with E-state index in [2.05, 4.69) is 22.3 Å². The zero-order valence-corrected chi connectivity index (χ0v) is 9.15. The van der Waals surface area contributed by atoms with Gasteiger partial charge >= 0.3 is 0 Å². The third-order valence-corrected chi connectivity index (χ3v) is 2.69. The van der Waals surface area contributed by atoms with Gasteiger partial charge in [0.25, 0.3) is 0 Å². The first kappa shape index (κ1) is 10.5. The summed E-state index contributed by atoms with van der Waals surface area (Å²) >= 11 is 0. The third-order valence-electron chi connectivity index (χ3n) is 2.69. The Morgan fingerprint density at radius 3 is 2.87 bits per heavy atom. The van der Waals surface area contributed by atoms with Crippen LogP contribution in [0, 0.1) is 0 Å². The van der Waals surface area contributed by atoms with E-state index in [9.17, 15) is 0 Å². The maximum Gasteiger partial charge on any atom is 0.119 e. The topological polar surface area (TPSA) is 26.6 Å². The number of methoxy groups -OCH3 is 1. The predicted octanol–water partition coefficient (Wildman–Crippen LogP) is 1.12. The van der Waals surface area contributed by atoms with Gasteiger partial charge in [-0.1, -0.05) is 12.1 Å². The lowest BCUT2D eigenvalue weighted by Gasteiger charge is -2.26. The lowest BCUT2D eigenvalue weighted by atomic mass is 10.2. The molecule has 0 aliphatic carbocycles. The average molecular weight is 205 g/mol. The van der Waals surface area contributed by atoms with Crippen molar-refractivity contribution in [1.29, 1.82) is 0 Å². The van der Waals surface area contributed by atoms with Crippen LogP contribution < -0.4 is 10.1 Å². The van der Waals surface area contributed by atoms with Gasteiger partial charge in [0, 0.05) is 32.7 Å². The Morgan fingerprint density at radius 1 is 1.33 bits per heavy atom. The number of hydrogen-bond donors (Lipinski definition) is 0. The van der Waals surface area contributed by atoms with Gasteiger partial charge in [-0.25, -0.2) is 5.32 Å². The minimum Gasteiger partial charge on any atom is -0.497 e. The molecule has 0 atom stereocenters. The molecule has 3 heteroatoms. The van der Waals surface area contributed by atoms with Gasteiger partial charge in [-0.15, -0.1) is 0 Å². The monoisotopic (exact) mass is 205 g/mol. The molecule has 81 valence electrons. The molecule has 1 heterocycles. The van der Waals surface area contributed by atoms with Crippen molar-refractivity contribution in [3.05, 3.63) is 29.8 Å². The number of benzene rings is 1. The SMILES string of the molecule is COc1cccc(CN2CC[N]CC2)c1. The standard InChI is InChI=1S/C12H17N2O/c1-15-12-4-2-3-11(9-12)10-14-7-5-13-6-8-14/h2-4,9H,5-8,10H2,1H3.